The summed E-state index contributed by atoms with van der Waals surface area (Å²) in [6, 6.07) is 0. The lowest BCUT2D eigenvalue weighted by Crippen LogP contribution is -2.34. The summed E-state index contributed by atoms with van der Waals surface area (Å²) >= 11 is 0. The van der Waals surface area contributed by atoms with Crippen LogP contribution in [-0.2, 0) is 0 Å². The fraction of sp³-hybridized carbons (Fsp3) is 0.714. The van der Waals surface area contributed by atoms with E-state index in [0.717, 1.165) is 37.7 Å². The van der Waals surface area contributed by atoms with E-state index in [1.54, 1.807) is 12.4 Å². The normalized spacial score (nSPS) is 11.7. The number of anilines is 2. The van der Waals surface area contributed by atoms with Crippen LogP contribution >= 0.6 is 0 Å². The Morgan fingerprint density at radius 1 is 1.16 bits per heavy atom. The van der Waals surface area contributed by atoms with Gasteiger partial charge in [0.2, 0.25) is 0 Å². The fourth-order valence-corrected chi connectivity index (χ4v) is 2.03. The highest BCUT2D eigenvalue weighted by atomic mass is 15.1. The Kier molecular flexibility index (Phi) is 6.02. The molecule has 108 valence electrons. The Hall–Kier alpha value is -1.36. The van der Waals surface area contributed by atoms with E-state index >= 15 is 0 Å². The zero-order valence-electron chi connectivity index (χ0n) is 12.8. The van der Waals surface area contributed by atoms with E-state index < -0.39 is 0 Å². The maximum absolute atomic E-state index is 4.49. The molecule has 0 atom stereocenters. The number of rotatable bonds is 8. The zero-order chi connectivity index (χ0) is 14.3. The Morgan fingerprint density at radius 2 is 1.79 bits per heavy atom. The predicted molar refractivity (Wildman–Crippen MR) is 81.6 cm³/mol. The SMILES string of the molecule is CCCNc1cncc(NCC(C)(C)CN(C)C)n1. The molecule has 0 aromatic carbocycles. The summed E-state index contributed by atoms with van der Waals surface area (Å²) < 4.78 is 0. The summed E-state index contributed by atoms with van der Waals surface area (Å²) in [5.74, 6) is 1.66. The summed E-state index contributed by atoms with van der Waals surface area (Å²) in [6.45, 7) is 9.44. The Morgan fingerprint density at radius 3 is 2.37 bits per heavy atom. The van der Waals surface area contributed by atoms with Gasteiger partial charge in [0, 0.05) is 19.6 Å². The second kappa shape index (κ2) is 7.28. The van der Waals surface area contributed by atoms with Gasteiger partial charge in [-0.1, -0.05) is 20.8 Å². The first-order valence-corrected chi connectivity index (χ1v) is 6.87. The molecule has 0 amide bonds. The first kappa shape index (κ1) is 15.7. The van der Waals surface area contributed by atoms with Crippen LogP contribution in [0.15, 0.2) is 12.4 Å². The van der Waals surface area contributed by atoms with Crippen molar-refractivity contribution < 1.29 is 0 Å². The average molecular weight is 265 g/mol. The van der Waals surface area contributed by atoms with Crippen LogP contribution in [0.3, 0.4) is 0 Å². The number of hydrogen-bond donors (Lipinski definition) is 2. The standard InChI is InChI=1S/C14H27N5/c1-6-7-16-12-8-15-9-13(18-12)17-10-14(2,3)11-19(4)5/h8-9H,6-7,10-11H2,1-5H3,(H2,16,17,18). The topological polar surface area (TPSA) is 53.1 Å². The van der Waals surface area contributed by atoms with Crippen LogP contribution in [0.2, 0.25) is 0 Å². The van der Waals surface area contributed by atoms with Crippen LogP contribution in [0.5, 0.6) is 0 Å². The van der Waals surface area contributed by atoms with Gasteiger partial charge in [0.05, 0.1) is 12.4 Å². The molecular weight excluding hydrogens is 238 g/mol. The molecule has 0 radical (unpaired) electrons. The van der Waals surface area contributed by atoms with Gasteiger partial charge in [0.1, 0.15) is 11.6 Å². The Bertz CT molecular complexity index is 376. The first-order valence-electron chi connectivity index (χ1n) is 6.87. The van der Waals surface area contributed by atoms with Crippen LogP contribution < -0.4 is 10.6 Å². The second-order valence-electron chi connectivity index (χ2n) is 5.97. The molecule has 1 aromatic heterocycles. The third-order valence-electron chi connectivity index (χ3n) is 2.68. The summed E-state index contributed by atoms with van der Waals surface area (Å²) in [6.07, 6.45) is 4.60. The maximum Gasteiger partial charge on any atom is 0.146 e. The fourth-order valence-electron chi connectivity index (χ4n) is 2.03. The molecule has 5 heteroatoms. The van der Waals surface area contributed by atoms with Crippen molar-refractivity contribution in [2.75, 3.05) is 44.4 Å². The molecule has 19 heavy (non-hydrogen) atoms. The minimum absolute atomic E-state index is 0.192. The van der Waals surface area contributed by atoms with Gasteiger partial charge in [0.15, 0.2) is 0 Å². The van der Waals surface area contributed by atoms with Crippen molar-refractivity contribution >= 4 is 11.6 Å². The second-order valence-corrected chi connectivity index (χ2v) is 5.97. The molecule has 2 N–H and O–H groups in total. The van der Waals surface area contributed by atoms with E-state index in [2.05, 4.69) is 60.4 Å². The summed E-state index contributed by atoms with van der Waals surface area (Å²) in [5, 5.41) is 6.61. The summed E-state index contributed by atoms with van der Waals surface area (Å²) in [7, 11) is 4.19. The van der Waals surface area contributed by atoms with Crippen molar-refractivity contribution in [2.24, 2.45) is 5.41 Å². The van der Waals surface area contributed by atoms with Gasteiger partial charge >= 0.3 is 0 Å². The van der Waals surface area contributed by atoms with Gasteiger partial charge in [-0.15, -0.1) is 0 Å². The predicted octanol–water partition coefficient (Wildman–Crippen LogP) is 2.30. The minimum Gasteiger partial charge on any atom is -0.369 e. The Balaban J connectivity index is 2.52. The molecule has 0 bridgehead atoms. The quantitative estimate of drug-likeness (QED) is 0.755. The molecule has 0 saturated heterocycles. The molecule has 1 rings (SSSR count). The molecule has 0 aliphatic carbocycles. The van der Waals surface area contributed by atoms with Crippen molar-refractivity contribution in [3.05, 3.63) is 12.4 Å². The lowest BCUT2D eigenvalue weighted by atomic mass is 9.93. The summed E-state index contributed by atoms with van der Waals surface area (Å²) in [4.78, 5) is 10.9. The summed E-state index contributed by atoms with van der Waals surface area (Å²) in [5.41, 5.74) is 0.192. The minimum atomic E-state index is 0.192. The third-order valence-corrected chi connectivity index (χ3v) is 2.68. The van der Waals surface area contributed by atoms with Crippen molar-refractivity contribution in [3.8, 4) is 0 Å². The van der Waals surface area contributed by atoms with Crippen LogP contribution in [0.4, 0.5) is 11.6 Å². The van der Waals surface area contributed by atoms with Gasteiger partial charge in [-0.05, 0) is 25.9 Å². The maximum atomic E-state index is 4.49. The van der Waals surface area contributed by atoms with E-state index in [1.807, 2.05) is 0 Å². The largest absolute Gasteiger partial charge is 0.369 e. The van der Waals surface area contributed by atoms with E-state index in [1.165, 1.54) is 0 Å². The number of nitrogens with one attached hydrogen (secondary N) is 2. The lowest BCUT2D eigenvalue weighted by Gasteiger charge is -2.28. The molecule has 1 aromatic rings. The molecule has 5 nitrogen and oxygen atoms in total. The van der Waals surface area contributed by atoms with Gasteiger partial charge in [-0.2, -0.15) is 0 Å². The highest BCUT2D eigenvalue weighted by Gasteiger charge is 2.18. The number of hydrogen-bond acceptors (Lipinski definition) is 5. The highest BCUT2D eigenvalue weighted by molar-refractivity contribution is 5.41. The average Bonchev–Trinajstić information content (AvgIpc) is 2.33. The van der Waals surface area contributed by atoms with E-state index in [4.69, 9.17) is 0 Å². The smallest absolute Gasteiger partial charge is 0.146 e. The van der Waals surface area contributed by atoms with Crippen molar-refractivity contribution in [3.63, 3.8) is 0 Å². The molecule has 0 unspecified atom stereocenters. The molecular formula is C14H27N5. The highest BCUT2D eigenvalue weighted by Crippen LogP contribution is 2.17. The molecule has 0 aliphatic rings. The molecule has 0 aliphatic heterocycles. The van der Waals surface area contributed by atoms with Crippen LogP contribution in [0, 0.1) is 5.41 Å². The molecule has 1 heterocycles. The Labute approximate surface area is 116 Å². The van der Waals surface area contributed by atoms with Crippen molar-refractivity contribution in [1.82, 2.24) is 14.9 Å². The number of aromatic nitrogens is 2. The van der Waals surface area contributed by atoms with Gasteiger partial charge in [0.25, 0.3) is 0 Å². The van der Waals surface area contributed by atoms with Gasteiger partial charge in [-0.25, -0.2) is 4.98 Å². The van der Waals surface area contributed by atoms with Crippen LogP contribution in [0.1, 0.15) is 27.2 Å². The van der Waals surface area contributed by atoms with E-state index in [9.17, 15) is 0 Å². The first-order chi connectivity index (χ1) is 8.93. The molecule has 0 spiro atoms. The third kappa shape index (κ3) is 6.38. The van der Waals surface area contributed by atoms with E-state index in [0.29, 0.717) is 0 Å². The van der Waals surface area contributed by atoms with Crippen LogP contribution in [-0.4, -0.2) is 48.6 Å². The molecule has 0 saturated carbocycles. The van der Waals surface area contributed by atoms with E-state index in [-0.39, 0.29) is 5.41 Å². The van der Waals surface area contributed by atoms with Crippen LogP contribution in [0.25, 0.3) is 0 Å². The molecule has 0 fully saturated rings. The van der Waals surface area contributed by atoms with Crippen molar-refractivity contribution in [2.45, 2.75) is 27.2 Å². The van der Waals surface area contributed by atoms with Crippen molar-refractivity contribution in [1.29, 1.82) is 0 Å². The van der Waals surface area contributed by atoms with Gasteiger partial charge < -0.3 is 15.5 Å². The monoisotopic (exact) mass is 265 g/mol. The lowest BCUT2D eigenvalue weighted by molar-refractivity contribution is 0.254. The zero-order valence-corrected chi connectivity index (χ0v) is 12.8. The number of nitrogens with zero attached hydrogens (tertiary/aromatic N) is 3. The van der Waals surface area contributed by atoms with Gasteiger partial charge in [-0.3, -0.25) is 4.98 Å².